The average molecular weight is 315 g/mol. The number of anilines is 3. The molecule has 0 saturated carbocycles. The van der Waals surface area contributed by atoms with Gasteiger partial charge < -0.3 is 11.1 Å². The summed E-state index contributed by atoms with van der Waals surface area (Å²) in [6.07, 6.45) is 0. The minimum absolute atomic E-state index is 0.225. The molecule has 94 valence electrons. The number of nitrogen functional groups attached to an aromatic ring is 1. The van der Waals surface area contributed by atoms with E-state index in [0.29, 0.717) is 10.3 Å². The minimum Gasteiger partial charge on any atom is -0.384 e. The number of hydrogen-bond acceptors (Lipinski definition) is 4. The zero-order valence-electron chi connectivity index (χ0n) is 9.34. The first-order valence-electron chi connectivity index (χ1n) is 4.98. The Hall–Kier alpha value is -1.76. The Morgan fingerprint density at radius 1 is 1.17 bits per heavy atom. The lowest BCUT2D eigenvalue weighted by atomic mass is 10.3. The van der Waals surface area contributed by atoms with E-state index < -0.39 is 11.6 Å². The summed E-state index contributed by atoms with van der Waals surface area (Å²) < 4.78 is 27.5. The highest BCUT2D eigenvalue weighted by Gasteiger charge is 2.11. The van der Waals surface area contributed by atoms with E-state index in [-0.39, 0.29) is 17.3 Å². The molecule has 0 aliphatic carbocycles. The van der Waals surface area contributed by atoms with Crippen LogP contribution in [-0.4, -0.2) is 9.97 Å². The van der Waals surface area contributed by atoms with Crippen LogP contribution in [0.3, 0.4) is 0 Å². The Bertz CT molecular complexity index is 560. The third kappa shape index (κ3) is 2.73. The molecule has 7 heteroatoms. The van der Waals surface area contributed by atoms with Crippen LogP contribution in [0.1, 0.15) is 5.82 Å². The Balaban J connectivity index is 2.40. The normalized spacial score (nSPS) is 10.4. The highest BCUT2D eigenvalue weighted by Crippen LogP contribution is 2.26. The molecule has 0 radical (unpaired) electrons. The van der Waals surface area contributed by atoms with Crippen LogP contribution < -0.4 is 11.1 Å². The molecule has 0 aliphatic heterocycles. The second kappa shape index (κ2) is 4.85. The summed E-state index contributed by atoms with van der Waals surface area (Å²) in [7, 11) is 0. The minimum atomic E-state index is -0.725. The standard InChI is InChI=1S/C11H9BrF2N4/c1-5-16-9(15)4-10(17-5)18-11-7(13)2-6(12)3-8(11)14/h2-4H,1H3,(H3,15,16,17,18). The average Bonchev–Trinajstić information content (AvgIpc) is 2.22. The van der Waals surface area contributed by atoms with Crippen molar-refractivity contribution in [2.24, 2.45) is 0 Å². The summed E-state index contributed by atoms with van der Waals surface area (Å²) in [4.78, 5) is 7.85. The summed E-state index contributed by atoms with van der Waals surface area (Å²) in [5.41, 5.74) is 5.25. The largest absolute Gasteiger partial charge is 0.384 e. The molecule has 0 bridgehead atoms. The van der Waals surface area contributed by atoms with Gasteiger partial charge in [-0.25, -0.2) is 18.7 Å². The number of rotatable bonds is 2. The Labute approximate surface area is 110 Å². The molecule has 0 saturated heterocycles. The highest BCUT2D eigenvalue weighted by atomic mass is 79.9. The summed E-state index contributed by atoms with van der Waals surface area (Å²) in [6, 6.07) is 3.71. The van der Waals surface area contributed by atoms with Crippen molar-refractivity contribution in [3.05, 3.63) is 40.1 Å². The lowest BCUT2D eigenvalue weighted by molar-refractivity contribution is 0.589. The van der Waals surface area contributed by atoms with Gasteiger partial charge in [0, 0.05) is 10.5 Å². The van der Waals surface area contributed by atoms with Gasteiger partial charge in [0.1, 0.15) is 23.1 Å². The molecule has 0 spiro atoms. The van der Waals surface area contributed by atoms with Crippen LogP contribution in [0.25, 0.3) is 0 Å². The van der Waals surface area contributed by atoms with Crippen molar-refractivity contribution in [1.82, 2.24) is 9.97 Å². The fraction of sp³-hybridized carbons (Fsp3) is 0.0909. The molecule has 0 unspecified atom stereocenters. The van der Waals surface area contributed by atoms with E-state index in [9.17, 15) is 8.78 Å². The number of aryl methyl sites for hydroxylation is 1. The molecule has 0 atom stereocenters. The maximum Gasteiger partial charge on any atom is 0.150 e. The number of benzene rings is 1. The summed E-state index contributed by atoms with van der Waals surface area (Å²) >= 11 is 3.00. The van der Waals surface area contributed by atoms with E-state index in [1.165, 1.54) is 6.07 Å². The first kappa shape index (κ1) is 12.7. The van der Waals surface area contributed by atoms with Crippen LogP contribution in [0.4, 0.5) is 26.1 Å². The van der Waals surface area contributed by atoms with Gasteiger partial charge in [-0.15, -0.1) is 0 Å². The Morgan fingerprint density at radius 3 is 2.33 bits per heavy atom. The molecule has 0 fully saturated rings. The van der Waals surface area contributed by atoms with E-state index in [0.717, 1.165) is 12.1 Å². The van der Waals surface area contributed by atoms with Crippen LogP contribution in [0, 0.1) is 18.6 Å². The second-order valence-electron chi connectivity index (χ2n) is 3.59. The van der Waals surface area contributed by atoms with Gasteiger partial charge in [-0.2, -0.15) is 0 Å². The number of hydrogen-bond donors (Lipinski definition) is 2. The molecule has 3 N–H and O–H groups in total. The van der Waals surface area contributed by atoms with Crippen molar-refractivity contribution >= 4 is 33.3 Å². The van der Waals surface area contributed by atoms with Gasteiger partial charge in [0.25, 0.3) is 0 Å². The second-order valence-corrected chi connectivity index (χ2v) is 4.51. The fourth-order valence-corrected chi connectivity index (χ4v) is 1.85. The third-order valence-electron chi connectivity index (χ3n) is 2.12. The van der Waals surface area contributed by atoms with Crippen LogP contribution in [0.15, 0.2) is 22.7 Å². The quantitative estimate of drug-likeness (QED) is 0.893. The molecular weight excluding hydrogens is 306 g/mol. The van der Waals surface area contributed by atoms with Crippen LogP contribution >= 0.6 is 15.9 Å². The predicted molar refractivity (Wildman–Crippen MR) is 68.5 cm³/mol. The molecule has 0 amide bonds. The van der Waals surface area contributed by atoms with Gasteiger partial charge in [-0.1, -0.05) is 15.9 Å². The Kier molecular flexibility index (Phi) is 3.42. The van der Waals surface area contributed by atoms with E-state index in [2.05, 4.69) is 31.2 Å². The highest BCUT2D eigenvalue weighted by molar-refractivity contribution is 9.10. The van der Waals surface area contributed by atoms with Crippen LogP contribution in [0.5, 0.6) is 0 Å². The van der Waals surface area contributed by atoms with Crippen molar-refractivity contribution in [2.45, 2.75) is 6.92 Å². The summed E-state index contributed by atoms with van der Waals surface area (Å²) in [6.45, 7) is 1.63. The van der Waals surface area contributed by atoms with Crippen LogP contribution in [-0.2, 0) is 0 Å². The lowest BCUT2D eigenvalue weighted by Gasteiger charge is -2.09. The van der Waals surface area contributed by atoms with Crippen LogP contribution in [0.2, 0.25) is 0 Å². The monoisotopic (exact) mass is 314 g/mol. The third-order valence-corrected chi connectivity index (χ3v) is 2.58. The van der Waals surface area contributed by atoms with Crippen molar-refractivity contribution < 1.29 is 8.78 Å². The SMILES string of the molecule is Cc1nc(N)cc(Nc2c(F)cc(Br)cc2F)n1. The number of nitrogens with two attached hydrogens (primary N) is 1. The molecular formula is C11H9BrF2N4. The van der Waals surface area contributed by atoms with E-state index in [1.807, 2.05) is 0 Å². The molecule has 18 heavy (non-hydrogen) atoms. The van der Waals surface area contributed by atoms with Crippen molar-refractivity contribution in [3.8, 4) is 0 Å². The smallest absolute Gasteiger partial charge is 0.150 e. The summed E-state index contributed by atoms with van der Waals surface area (Å²) in [5.74, 6) is -0.577. The Morgan fingerprint density at radius 2 is 1.78 bits per heavy atom. The zero-order chi connectivity index (χ0) is 13.3. The molecule has 4 nitrogen and oxygen atoms in total. The van der Waals surface area contributed by atoms with E-state index >= 15 is 0 Å². The van der Waals surface area contributed by atoms with Gasteiger partial charge in [0.2, 0.25) is 0 Å². The fourth-order valence-electron chi connectivity index (χ4n) is 1.44. The summed E-state index contributed by atoms with van der Waals surface area (Å²) in [5, 5.41) is 2.55. The maximum absolute atomic E-state index is 13.6. The lowest BCUT2D eigenvalue weighted by Crippen LogP contribution is -2.03. The molecule has 1 heterocycles. The number of aromatic nitrogens is 2. The molecule has 0 aliphatic rings. The first-order valence-corrected chi connectivity index (χ1v) is 5.78. The number of nitrogens with one attached hydrogen (secondary N) is 1. The van der Waals surface area contributed by atoms with Gasteiger partial charge in [-0.05, 0) is 19.1 Å². The van der Waals surface area contributed by atoms with Gasteiger partial charge in [-0.3, -0.25) is 0 Å². The van der Waals surface area contributed by atoms with Gasteiger partial charge in [0.15, 0.2) is 11.6 Å². The van der Waals surface area contributed by atoms with Gasteiger partial charge in [0.05, 0.1) is 0 Å². The number of nitrogens with zero attached hydrogens (tertiary/aromatic N) is 2. The molecule has 1 aromatic carbocycles. The van der Waals surface area contributed by atoms with Crippen molar-refractivity contribution in [1.29, 1.82) is 0 Å². The number of halogens is 3. The molecule has 2 rings (SSSR count). The van der Waals surface area contributed by atoms with Gasteiger partial charge >= 0.3 is 0 Å². The van der Waals surface area contributed by atoms with Crippen molar-refractivity contribution in [3.63, 3.8) is 0 Å². The predicted octanol–water partition coefficient (Wildman–Crippen LogP) is 3.15. The topological polar surface area (TPSA) is 63.8 Å². The first-order chi connectivity index (χ1) is 8.45. The maximum atomic E-state index is 13.6. The van der Waals surface area contributed by atoms with Crippen molar-refractivity contribution in [2.75, 3.05) is 11.1 Å². The molecule has 1 aromatic heterocycles. The zero-order valence-corrected chi connectivity index (χ0v) is 10.9. The van der Waals surface area contributed by atoms with E-state index in [1.54, 1.807) is 6.92 Å². The van der Waals surface area contributed by atoms with E-state index in [4.69, 9.17) is 5.73 Å². The molecule has 2 aromatic rings.